The Morgan fingerprint density at radius 3 is 2.58 bits per heavy atom. The van der Waals surface area contributed by atoms with Crippen LogP contribution in [-0.2, 0) is 28.6 Å². The highest BCUT2D eigenvalue weighted by molar-refractivity contribution is 6.25. The van der Waals surface area contributed by atoms with Crippen molar-refractivity contribution < 1.29 is 38.8 Å². The molecule has 0 aromatic carbocycles. The Morgan fingerprint density at radius 2 is 1.97 bits per heavy atom. The molecule has 31 heavy (non-hydrogen) atoms. The number of nitrogens with one attached hydrogen (secondary N) is 1. The molecule has 0 aliphatic carbocycles. The highest BCUT2D eigenvalue weighted by Gasteiger charge is 2.78. The van der Waals surface area contributed by atoms with E-state index in [1.807, 2.05) is 26.8 Å². The average Bonchev–Trinajstić information content (AvgIpc) is 3.40. The number of Topliss-reactive ketones (excluding diaryl/α,β-unsaturated/α-hetero) is 2. The maximum absolute atomic E-state index is 12.7. The van der Waals surface area contributed by atoms with E-state index in [0.29, 0.717) is 0 Å². The van der Waals surface area contributed by atoms with E-state index >= 15 is 0 Å². The average molecular weight is 433 g/mol. The van der Waals surface area contributed by atoms with Crippen molar-refractivity contribution in [3.8, 4) is 0 Å². The van der Waals surface area contributed by atoms with E-state index in [4.69, 9.17) is 14.2 Å². The van der Waals surface area contributed by atoms with E-state index in [1.165, 1.54) is 6.08 Å². The molecule has 4 fully saturated rings. The molecular weight excluding hydrogens is 406 g/mol. The van der Waals surface area contributed by atoms with E-state index in [-0.39, 0.29) is 48.2 Å². The minimum atomic E-state index is -1.23. The number of allylic oxidation sites excluding steroid dienone is 3. The maximum Gasteiger partial charge on any atom is 0.259 e. The summed E-state index contributed by atoms with van der Waals surface area (Å²) in [7, 11) is 0. The van der Waals surface area contributed by atoms with Gasteiger partial charge in [-0.2, -0.15) is 0 Å². The van der Waals surface area contributed by atoms with Crippen molar-refractivity contribution in [1.29, 1.82) is 0 Å². The van der Waals surface area contributed by atoms with Gasteiger partial charge >= 0.3 is 0 Å². The molecule has 4 aliphatic rings. The molecule has 0 aromatic rings. The van der Waals surface area contributed by atoms with Crippen LogP contribution in [0.2, 0.25) is 0 Å². The summed E-state index contributed by atoms with van der Waals surface area (Å²) >= 11 is 0. The lowest BCUT2D eigenvalue weighted by Crippen LogP contribution is -2.67. The minimum Gasteiger partial charge on any atom is -0.507 e. The molecule has 0 aromatic heterocycles. The number of carbonyl (C=O) groups is 3. The molecule has 9 nitrogen and oxygen atoms in total. The minimum absolute atomic E-state index is 0.116. The van der Waals surface area contributed by atoms with Gasteiger partial charge in [0.05, 0.1) is 19.3 Å². The third-order valence-corrected chi connectivity index (χ3v) is 6.67. The summed E-state index contributed by atoms with van der Waals surface area (Å²) < 4.78 is 17.8. The van der Waals surface area contributed by atoms with E-state index in [0.717, 1.165) is 5.57 Å². The molecule has 4 aliphatic heterocycles. The summed E-state index contributed by atoms with van der Waals surface area (Å²) in [5.74, 6) is -3.20. The van der Waals surface area contributed by atoms with Gasteiger partial charge in [0.15, 0.2) is 23.3 Å². The van der Waals surface area contributed by atoms with Crippen molar-refractivity contribution in [2.24, 2.45) is 11.8 Å². The molecule has 0 unspecified atom stereocenters. The van der Waals surface area contributed by atoms with Gasteiger partial charge in [-0.3, -0.25) is 14.4 Å². The van der Waals surface area contributed by atoms with E-state index in [2.05, 4.69) is 5.32 Å². The monoisotopic (exact) mass is 433 g/mol. The number of rotatable bonds is 5. The standard InChI is InChI=1S/C22H27NO8/c1-10(5-6-13(25)15-14(26)8-23-20(15)28)7-11(2)17-12(3)18-16(27)19-22(9-24,31-19)21(4,29-17)30-18/h5-7,11-12,17-19,24-25H,8-9H2,1-4H3,(H,23,28)/b6-5+,10-7+,15-13+/t11-,12-,17-,18+,19+,21+,22+/m1/s1. The van der Waals surface area contributed by atoms with Crippen LogP contribution in [0.3, 0.4) is 0 Å². The first kappa shape index (κ1) is 21.9. The largest absolute Gasteiger partial charge is 0.507 e. The number of ether oxygens (including phenoxy) is 3. The van der Waals surface area contributed by atoms with Gasteiger partial charge in [-0.05, 0) is 19.9 Å². The quantitative estimate of drug-likeness (QED) is 0.187. The molecule has 4 saturated heterocycles. The summed E-state index contributed by atoms with van der Waals surface area (Å²) in [5.41, 5.74) is -0.637. The van der Waals surface area contributed by atoms with Crippen molar-refractivity contribution >= 4 is 17.5 Å². The molecule has 0 saturated carbocycles. The summed E-state index contributed by atoms with van der Waals surface area (Å²) in [5, 5.41) is 22.3. The predicted molar refractivity (Wildman–Crippen MR) is 107 cm³/mol. The fraction of sp³-hybridized carbons (Fsp3) is 0.591. The molecule has 0 radical (unpaired) electrons. The van der Waals surface area contributed by atoms with Crippen molar-refractivity contribution in [3.05, 3.63) is 35.1 Å². The lowest BCUT2D eigenvalue weighted by molar-refractivity contribution is -0.355. The zero-order valence-electron chi connectivity index (χ0n) is 17.9. The molecule has 4 heterocycles. The third kappa shape index (κ3) is 3.27. The first-order valence-electron chi connectivity index (χ1n) is 10.3. The molecule has 4 rings (SSSR count). The Labute approximate surface area is 179 Å². The first-order chi connectivity index (χ1) is 14.5. The highest BCUT2D eigenvalue weighted by atomic mass is 16.8. The van der Waals surface area contributed by atoms with E-state index < -0.39 is 35.3 Å². The molecule has 168 valence electrons. The van der Waals surface area contributed by atoms with Crippen LogP contribution in [0.5, 0.6) is 0 Å². The van der Waals surface area contributed by atoms with Gasteiger partial charge in [0, 0.05) is 11.8 Å². The highest BCUT2D eigenvalue weighted by Crippen LogP contribution is 2.57. The molecular formula is C22H27NO8. The topological polar surface area (TPSA) is 135 Å². The zero-order valence-corrected chi connectivity index (χ0v) is 17.9. The van der Waals surface area contributed by atoms with Gasteiger partial charge in [-0.25, -0.2) is 0 Å². The summed E-state index contributed by atoms with van der Waals surface area (Å²) in [6.07, 6.45) is 3.07. The Hall–Kier alpha value is -2.33. The number of carbonyl (C=O) groups excluding carboxylic acids is 3. The van der Waals surface area contributed by atoms with Crippen LogP contribution in [0, 0.1) is 11.8 Å². The third-order valence-electron chi connectivity index (χ3n) is 6.67. The zero-order chi connectivity index (χ0) is 22.7. The molecule has 3 N–H and O–H groups in total. The van der Waals surface area contributed by atoms with Crippen LogP contribution >= 0.6 is 0 Å². The van der Waals surface area contributed by atoms with Crippen LogP contribution in [-0.4, -0.2) is 70.5 Å². The first-order valence-corrected chi connectivity index (χ1v) is 10.3. The number of amides is 1. The summed E-state index contributed by atoms with van der Waals surface area (Å²) in [6.45, 7) is 6.84. The number of hydrogen-bond acceptors (Lipinski definition) is 8. The Balaban J connectivity index is 1.53. The second-order valence-electron chi connectivity index (χ2n) is 8.84. The van der Waals surface area contributed by atoms with Crippen molar-refractivity contribution in [1.82, 2.24) is 5.32 Å². The normalized spacial score (nSPS) is 42.5. The molecule has 0 spiro atoms. The maximum atomic E-state index is 12.7. The molecule has 9 heteroatoms. The predicted octanol–water partition coefficient (Wildman–Crippen LogP) is 0.485. The van der Waals surface area contributed by atoms with Crippen LogP contribution in [0.15, 0.2) is 35.1 Å². The molecule has 1 amide bonds. The van der Waals surface area contributed by atoms with Gasteiger partial charge in [-0.15, -0.1) is 0 Å². The fourth-order valence-corrected chi connectivity index (χ4v) is 4.82. The number of hydrogen-bond donors (Lipinski definition) is 3. The van der Waals surface area contributed by atoms with Crippen molar-refractivity contribution in [3.63, 3.8) is 0 Å². The van der Waals surface area contributed by atoms with E-state index in [9.17, 15) is 24.6 Å². The summed E-state index contributed by atoms with van der Waals surface area (Å²) in [6, 6.07) is 0. The number of epoxide rings is 1. The smallest absolute Gasteiger partial charge is 0.259 e. The molecule has 7 atom stereocenters. The molecule has 2 bridgehead atoms. The number of fused-ring (bicyclic) bond motifs is 4. The van der Waals surface area contributed by atoms with Gasteiger partial charge < -0.3 is 29.7 Å². The van der Waals surface area contributed by atoms with Gasteiger partial charge in [0.25, 0.3) is 5.91 Å². The van der Waals surface area contributed by atoms with Gasteiger partial charge in [-0.1, -0.05) is 31.6 Å². The Kier molecular flexibility index (Phi) is 5.20. The fourth-order valence-electron chi connectivity index (χ4n) is 4.82. The van der Waals surface area contributed by atoms with Crippen LogP contribution < -0.4 is 5.32 Å². The van der Waals surface area contributed by atoms with Crippen LogP contribution in [0.4, 0.5) is 0 Å². The van der Waals surface area contributed by atoms with Crippen LogP contribution in [0.25, 0.3) is 0 Å². The van der Waals surface area contributed by atoms with E-state index in [1.54, 1.807) is 13.0 Å². The van der Waals surface area contributed by atoms with Crippen LogP contribution in [0.1, 0.15) is 27.7 Å². The van der Waals surface area contributed by atoms with Crippen molar-refractivity contribution in [2.45, 2.75) is 57.4 Å². The lowest BCUT2D eigenvalue weighted by atomic mass is 9.78. The Morgan fingerprint density at radius 1 is 1.26 bits per heavy atom. The second kappa shape index (κ2) is 7.37. The number of aliphatic hydroxyl groups excluding tert-OH is 2. The van der Waals surface area contributed by atoms with Gasteiger partial charge in [0.2, 0.25) is 5.79 Å². The number of ketones is 2. The Bertz CT molecular complexity index is 918. The number of aliphatic hydroxyl groups is 2. The summed E-state index contributed by atoms with van der Waals surface area (Å²) in [4.78, 5) is 36.0. The van der Waals surface area contributed by atoms with Gasteiger partial charge in [0.1, 0.15) is 17.4 Å². The lowest BCUT2D eigenvalue weighted by Gasteiger charge is -2.51. The second-order valence-corrected chi connectivity index (χ2v) is 8.84. The van der Waals surface area contributed by atoms with Crippen molar-refractivity contribution in [2.75, 3.05) is 13.2 Å². The SMILES string of the molecule is CC(/C=C/C(O)=C1/C(=O)CNC1=O)=C\[C@@H](C)[C@H]1O[C@@]2(C)O[C@H](C(=O)[C@@H]3O[C@@]32CO)[C@@H]1C.